The maximum Gasteiger partial charge on any atom is 0.280 e. The molecule has 0 saturated carbocycles. The number of rotatable bonds is 5. The molecule has 110 valence electrons. The smallest absolute Gasteiger partial charge is 0.280 e. The van der Waals surface area contributed by atoms with Crippen LogP contribution in [-0.4, -0.2) is 32.7 Å². The van der Waals surface area contributed by atoms with E-state index in [0.717, 1.165) is 5.82 Å². The van der Waals surface area contributed by atoms with Crippen LogP contribution in [0.5, 0.6) is 0 Å². The van der Waals surface area contributed by atoms with Crippen molar-refractivity contribution >= 4 is 19.7 Å². The predicted molar refractivity (Wildman–Crippen MR) is 74.2 cm³/mol. The molecule has 2 aromatic heterocycles. The van der Waals surface area contributed by atoms with Crippen LogP contribution in [0.15, 0.2) is 17.6 Å². The van der Waals surface area contributed by atoms with Gasteiger partial charge in [-0.15, -0.1) is 0 Å². The average Bonchev–Trinajstić information content (AvgIpc) is 2.95. The Morgan fingerprint density at radius 3 is 2.65 bits per heavy atom. The van der Waals surface area contributed by atoms with Crippen LogP contribution in [0.3, 0.4) is 0 Å². The van der Waals surface area contributed by atoms with Crippen LogP contribution in [0, 0.1) is 0 Å². The molecule has 9 heteroatoms. The summed E-state index contributed by atoms with van der Waals surface area (Å²) in [4.78, 5) is 8.28. The van der Waals surface area contributed by atoms with Crippen LogP contribution in [0.1, 0.15) is 38.3 Å². The monoisotopic (exact) mass is 317 g/mol. The minimum Gasteiger partial charge on any atom is -0.326 e. The summed E-state index contributed by atoms with van der Waals surface area (Å²) in [5.41, 5.74) is 0. The summed E-state index contributed by atoms with van der Waals surface area (Å²) in [7, 11) is 1.52. The van der Waals surface area contributed by atoms with Crippen molar-refractivity contribution in [3.05, 3.63) is 24.2 Å². The molecule has 0 radical (unpaired) electrons. The molecule has 0 aromatic carbocycles. The van der Waals surface area contributed by atoms with E-state index in [0.29, 0.717) is 18.9 Å². The summed E-state index contributed by atoms with van der Waals surface area (Å²) in [5, 5.41) is 3.95. The van der Waals surface area contributed by atoms with Gasteiger partial charge in [-0.05, 0) is 6.92 Å². The Labute approximate surface area is 122 Å². The number of aromatic nitrogens is 5. The topological polar surface area (TPSA) is 82.7 Å². The largest absolute Gasteiger partial charge is 0.326 e. The maximum absolute atomic E-state index is 11.4. The third kappa shape index (κ3) is 3.01. The SMILES string of the molecule is CCn1ncnc1Cn1cc(S(=O)(=O)Cl)nc1C(C)C. The minimum atomic E-state index is -3.84. The molecular formula is C11H16ClN5O2S. The Kier molecular flexibility index (Phi) is 4.14. The normalized spacial score (nSPS) is 12.2. The van der Waals surface area contributed by atoms with E-state index in [1.807, 2.05) is 20.8 Å². The summed E-state index contributed by atoms with van der Waals surface area (Å²) in [5.74, 6) is 1.46. The Bertz CT molecular complexity index is 704. The molecular weight excluding hydrogens is 302 g/mol. The van der Waals surface area contributed by atoms with Gasteiger partial charge in [0.2, 0.25) is 0 Å². The molecule has 0 aliphatic heterocycles. The predicted octanol–water partition coefficient (Wildman–Crippen LogP) is 1.59. The standard InChI is InChI=1S/C11H16ClN5O2S/c1-4-17-9(13-7-14-17)5-16-6-10(20(12,18)19)15-11(16)8(2)3/h6-8H,4-5H2,1-3H3. The highest BCUT2D eigenvalue weighted by molar-refractivity contribution is 8.13. The van der Waals surface area contributed by atoms with Gasteiger partial charge in [0, 0.05) is 29.3 Å². The van der Waals surface area contributed by atoms with E-state index in [2.05, 4.69) is 15.1 Å². The molecule has 0 unspecified atom stereocenters. The van der Waals surface area contributed by atoms with Gasteiger partial charge in [0.05, 0.1) is 6.54 Å². The van der Waals surface area contributed by atoms with Crippen molar-refractivity contribution in [3.8, 4) is 0 Å². The van der Waals surface area contributed by atoms with E-state index >= 15 is 0 Å². The number of hydrogen-bond donors (Lipinski definition) is 0. The fraction of sp³-hybridized carbons (Fsp3) is 0.545. The highest BCUT2D eigenvalue weighted by Crippen LogP contribution is 2.20. The third-order valence-corrected chi connectivity index (χ3v) is 4.03. The highest BCUT2D eigenvalue weighted by Gasteiger charge is 2.20. The Hall–Kier alpha value is -1.41. The van der Waals surface area contributed by atoms with Gasteiger partial charge in [-0.1, -0.05) is 13.8 Å². The lowest BCUT2D eigenvalue weighted by Gasteiger charge is -2.09. The van der Waals surface area contributed by atoms with Gasteiger partial charge in [-0.2, -0.15) is 5.10 Å². The Balaban J connectivity index is 2.43. The molecule has 0 bridgehead atoms. The van der Waals surface area contributed by atoms with Gasteiger partial charge in [0.25, 0.3) is 9.05 Å². The fourth-order valence-corrected chi connectivity index (χ4v) is 2.62. The lowest BCUT2D eigenvalue weighted by atomic mass is 10.2. The number of imidazole rings is 1. The highest BCUT2D eigenvalue weighted by atomic mass is 35.7. The lowest BCUT2D eigenvalue weighted by Crippen LogP contribution is -2.11. The number of halogens is 1. The summed E-state index contributed by atoms with van der Waals surface area (Å²) in [6.07, 6.45) is 2.91. The van der Waals surface area contributed by atoms with E-state index in [1.165, 1.54) is 12.5 Å². The van der Waals surface area contributed by atoms with Crippen molar-refractivity contribution in [2.75, 3.05) is 0 Å². The van der Waals surface area contributed by atoms with Crippen LogP contribution in [0.2, 0.25) is 0 Å². The first-order chi connectivity index (χ1) is 9.32. The zero-order valence-corrected chi connectivity index (χ0v) is 13.1. The van der Waals surface area contributed by atoms with Crippen molar-refractivity contribution in [2.45, 2.75) is 44.8 Å². The molecule has 2 rings (SSSR count). The number of aryl methyl sites for hydroxylation is 1. The molecule has 7 nitrogen and oxygen atoms in total. The summed E-state index contributed by atoms with van der Waals surface area (Å²) in [6.45, 7) is 6.94. The van der Waals surface area contributed by atoms with Crippen LogP contribution < -0.4 is 0 Å². The van der Waals surface area contributed by atoms with Gasteiger partial charge < -0.3 is 4.57 Å². The Morgan fingerprint density at radius 1 is 1.40 bits per heavy atom. The minimum absolute atomic E-state index is 0.0696. The van der Waals surface area contributed by atoms with Gasteiger partial charge in [0.15, 0.2) is 5.03 Å². The molecule has 0 fully saturated rings. The molecule has 20 heavy (non-hydrogen) atoms. The van der Waals surface area contributed by atoms with Crippen molar-refractivity contribution in [3.63, 3.8) is 0 Å². The number of hydrogen-bond acceptors (Lipinski definition) is 5. The Morgan fingerprint density at radius 2 is 2.10 bits per heavy atom. The second-order valence-electron chi connectivity index (χ2n) is 4.65. The zero-order valence-electron chi connectivity index (χ0n) is 11.5. The second-order valence-corrected chi connectivity index (χ2v) is 7.16. The van der Waals surface area contributed by atoms with Gasteiger partial charge in [-0.3, -0.25) is 0 Å². The van der Waals surface area contributed by atoms with Gasteiger partial charge in [-0.25, -0.2) is 23.1 Å². The fourth-order valence-electron chi connectivity index (χ4n) is 1.94. The molecule has 2 heterocycles. The molecule has 0 aliphatic rings. The molecule has 2 aromatic rings. The molecule has 0 aliphatic carbocycles. The summed E-state index contributed by atoms with van der Waals surface area (Å²) in [6, 6.07) is 0. The van der Waals surface area contributed by atoms with Crippen molar-refractivity contribution in [1.82, 2.24) is 24.3 Å². The molecule has 0 saturated heterocycles. The van der Waals surface area contributed by atoms with Crippen molar-refractivity contribution in [1.29, 1.82) is 0 Å². The molecule has 0 atom stereocenters. The average molecular weight is 318 g/mol. The van der Waals surface area contributed by atoms with Crippen LogP contribution >= 0.6 is 10.7 Å². The lowest BCUT2D eigenvalue weighted by molar-refractivity contribution is 0.574. The first kappa shape index (κ1) is 15.0. The van der Waals surface area contributed by atoms with E-state index in [1.54, 1.807) is 9.25 Å². The van der Waals surface area contributed by atoms with E-state index < -0.39 is 9.05 Å². The second kappa shape index (κ2) is 5.53. The number of nitrogens with zero attached hydrogens (tertiary/aromatic N) is 5. The molecule has 0 amide bonds. The van der Waals surface area contributed by atoms with Gasteiger partial charge in [0.1, 0.15) is 18.0 Å². The molecule has 0 spiro atoms. The summed E-state index contributed by atoms with van der Waals surface area (Å²) < 4.78 is 26.3. The van der Waals surface area contributed by atoms with E-state index in [9.17, 15) is 8.42 Å². The zero-order chi connectivity index (χ0) is 14.9. The van der Waals surface area contributed by atoms with E-state index in [4.69, 9.17) is 10.7 Å². The van der Waals surface area contributed by atoms with Crippen LogP contribution in [-0.2, 0) is 22.1 Å². The van der Waals surface area contributed by atoms with Gasteiger partial charge >= 0.3 is 0 Å². The van der Waals surface area contributed by atoms with Crippen LogP contribution in [0.4, 0.5) is 0 Å². The van der Waals surface area contributed by atoms with E-state index in [-0.39, 0.29) is 10.9 Å². The molecule has 0 N–H and O–H groups in total. The van der Waals surface area contributed by atoms with Crippen molar-refractivity contribution < 1.29 is 8.42 Å². The quantitative estimate of drug-likeness (QED) is 0.782. The van der Waals surface area contributed by atoms with Crippen LogP contribution in [0.25, 0.3) is 0 Å². The third-order valence-electron chi connectivity index (χ3n) is 2.86. The first-order valence-corrected chi connectivity index (χ1v) is 8.52. The maximum atomic E-state index is 11.4. The summed E-state index contributed by atoms with van der Waals surface area (Å²) >= 11 is 0. The van der Waals surface area contributed by atoms with Crippen molar-refractivity contribution in [2.24, 2.45) is 0 Å². The first-order valence-electron chi connectivity index (χ1n) is 6.21.